The smallest absolute Gasteiger partial charge is 0.313 e. The first-order valence-corrected chi connectivity index (χ1v) is 5.50. The number of nitrogens with one attached hydrogen (secondary N) is 1. The van der Waals surface area contributed by atoms with Crippen LogP contribution in [0.25, 0.3) is 0 Å². The Bertz CT molecular complexity index is 264. The van der Waals surface area contributed by atoms with E-state index in [1.54, 1.807) is 0 Å². The monoisotopic (exact) mass is 247 g/mol. The van der Waals surface area contributed by atoms with Gasteiger partial charge < -0.3 is 32.1 Å². The van der Waals surface area contributed by atoms with Crippen LogP contribution in [0.4, 0.5) is 0 Å². The van der Waals surface area contributed by atoms with Crippen molar-refractivity contribution in [2.24, 2.45) is 11.5 Å². The van der Waals surface area contributed by atoms with Crippen molar-refractivity contribution in [1.82, 2.24) is 5.32 Å². The number of unbranched alkanes of at least 4 members (excludes halogenated alkanes) is 1. The molecular weight excluding hydrogens is 226 g/mol. The van der Waals surface area contributed by atoms with Crippen LogP contribution >= 0.6 is 0 Å². The van der Waals surface area contributed by atoms with Crippen molar-refractivity contribution in [3.8, 4) is 0 Å². The molecule has 0 saturated heterocycles. The molecule has 0 aromatic carbocycles. The normalized spacial score (nSPS) is 12.1. The lowest BCUT2D eigenvalue weighted by Crippen LogP contribution is -2.36. The lowest BCUT2D eigenvalue weighted by Gasteiger charge is -2.07. The summed E-state index contributed by atoms with van der Waals surface area (Å²) in [6.45, 7) is 1.14. The molecule has 0 saturated carbocycles. The number of hydrogen-bond acceptors (Lipinski definition) is 6. The van der Waals surface area contributed by atoms with Gasteiger partial charge in [0.25, 0.3) is 0 Å². The maximum Gasteiger partial charge on any atom is 0.313 e. The van der Waals surface area contributed by atoms with Crippen molar-refractivity contribution in [2.45, 2.75) is 31.7 Å². The molecule has 0 aromatic rings. The second-order valence-corrected chi connectivity index (χ2v) is 3.77. The first kappa shape index (κ1) is 15.5. The van der Waals surface area contributed by atoms with E-state index >= 15 is 0 Å². The topological polar surface area (TPSA) is 142 Å². The van der Waals surface area contributed by atoms with Gasteiger partial charge in [-0.05, 0) is 19.4 Å². The van der Waals surface area contributed by atoms with Crippen LogP contribution < -0.4 is 16.8 Å². The molecule has 7 nitrogen and oxygen atoms in total. The SMILES string of the molecule is NC(=O)[C@@H](N)CCCCNCCC(O)=C(O)O. The molecule has 1 amide bonds. The van der Waals surface area contributed by atoms with E-state index in [9.17, 15) is 4.79 Å². The van der Waals surface area contributed by atoms with Crippen LogP contribution in [-0.4, -0.2) is 40.4 Å². The summed E-state index contributed by atoms with van der Waals surface area (Å²) in [5, 5.41) is 28.9. The third-order valence-corrected chi connectivity index (χ3v) is 2.28. The number of hydrogen-bond donors (Lipinski definition) is 6. The highest BCUT2D eigenvalue weighted by molar-refractivity contribution is 5.79. The van der Waals surface area contributed by atoms with Gasteiger partial charge in [-0.1, -0.05) is 6.42 Å². The standard InChI is InChI=1S/C10H21N3O4/c11-7(9(12)15)3-1-2-5-13-6-4-8(14)10(16)17/h7,13-14,16-17H,1-6,11H2,(H2,12,15)/t7-/m0/s1. The molecular formula is C10H21N3O4. The van der Waals surface area contributed by atoms with E-state index in [0.717, 1.165) is 12.8 Å². The van der Waals surface area contributed by atoms with Gasteiger partial charge >= 0.3 is 5.95 Å². The maximum absolute atomic E-state index is 10.6. The molecule has 0 unspecified atom stereocenters. The third-order valence-electron chi connectivity index (χ3n) is 2.28. The summed E-state index contributed by atoms with van der Waals surface area (Å²) in [5.41, 5.74) is 10.4. The van der Waals surface area contributed by atoms with Crippen LogP contribution in [0.5, 0.6) is 0 Å². The largest absolute Gasteiger partial charge is 0.506 e. The fraction of sp³-hybridized carbons (Fsp3) is 0.700. The first-order valence-electron chi connectivity index (χ1n) is 5.50. The lowest BCUT2D eigenvalue weighted by molar-refractivity contribution is -0.119. The Kier molecular flexibility index (Phi) is 7.91. The molecule has 0 heterocycles. The molecule has 17 heavy (non-hydrogen) atoms. The Morgan fingerprint density at radius 1 is 1.18 bits per heavy atom. The number of carbonyl (C=O) groups is 1. The summed E-state index contributed by atoms with van der Waals surface area (Å²) in [7, 11) is 0. The van der Waals surface area contributed by atoms with Crippen LogP contribution in [0, 0.1) is 0 Å². The average molecular weight is 247 g/mol. The highest BCUT2D eigenvalue weighted by Crippen LogP contribution is 1.99. The zero-order valence-electron chi connectivity index (χ0n) is 9.72. The minimum Gasteiger partial charge on any atom is -0.506 e. The van der Waals surface area contributed by atoms with Gasteiger partial charge in [0.05, 0.1) is 6.04 Å². The molecule has 0 bridgehead atoms. The Morgan fingerprint density at radius 2 is 1.82 bits per heavy atom. The number of amides is 1. The second kappa shape index (κ2) is 8.66. The zero-order valence-corrected chi connectivity index (χ0v) is 9.72. The zero-order chi connectivity index (χ0) is 13.3. The van der Waals surface area contributed by atoms with E-state index in [0.29, 0.717) is 19.5 Å². The van der Waals surface area contributed by atoms with Gasteiger partial charge in [-0.3, -0.25) is 4.79 Å². The molecule has 0 fully saturated rings. The number of carbonyl (C=O) groups excluding carboxylic acids is 1. The number of primary amides is 1. The van der Waals surface area contributed by atoms with Crippen LogP contribution in [0.2, 0.25) is 0 Å². The molecule has 8 N–H and O–H groups in total. The van der Waals surface area contributed by atoms with Gasteiger partial charge in [-0.15, -0.1) is 0 Å². The van der Waals surface area contributed by atoms with Gasteiger partial charge in [-0.2, -0.15) is 0 Å². The molecule has 0 rings (SSSR count). The van der Waals surface area contributed by atoms with Crippen molar-refractivity contribution in [1.29, 1.82) is 0 Å². The molecule has 0 aliphatic carbocycles. The minimum atomic E-state index is -1.04. The molecule has 0 spiro atoms. The van der Waals surface area contributed by atoms with Crippen LogP contribution in [-0.2, 0) is 4.79 Å². The third kappa shape index (κ3) is 8.35. The quantitative estimate of drug-likeness (QED) is 0.246. The number of aliphatic hydroxyl groups excluding tert-OH is 2. The Morgan fingerprint density at radius 3 is 2.35 bits per heavy atom. The number of aliphatic hydroxyl groups is 3. The summed E-state index contributed by atoms with van der Waals surface area (Å²) in [6.07, 6.45) is 2.32. The maximum atomic E-state index is 10.6. The molecule has 1 atom stereocenters. The van der Waals surface area contributed by atoms with Gasteiger partial charge in [0.2, 0.25) is 5.91 Å². The Labute approximate surface area is 100 Å². The Balaban J connectivity index is 3.36. The molecule has 0 aliphatic rings. The van der Waals surface area contributed by atoms with Gasteiger partial charge in [0.15, 0.2) is 5.76 Å². The van der Waals surface area contributed by atoms with E-state index in [4.69, 9.17) is 26.8 Å². The molecule has 100 valence electrons. The molecule has 7 heteroatoms. The van der Waals surface area contributed by atoms with E-state index < -0.39 is 23.7 Å². The van der Waals surface area contributed by atoms with Crippen molar-refractivity contribution >= 4 is 5.91 Å². The molecule has 0 aliphatic heterocycles. The van der Waals surface area contributed by atoms with Crippen LogP contribution in [0.1, 0.15) is 25.7 Å². The first-order chi connectivity index (χ1) is 7.95. The van der Waals surface area contributed by atoms with E-state index in [1.807, 2.05) is 0 Å². The number of nitrogens with two attached hydrogens (primary N) is 2. The fourth-order valence-corrected chi connectivity index (χ4v) is 1.20. The summed E-state index contributed by atoms with van der Waals surface area (Å²) >= 11 is 0. The van der Waals surface area contributed by atoms with Crippen LogP contribution in [0.3, 0.4) is 0 Å². The van der Waals surface area contributed by atoms with Gasteiger partial charge in [-0.25, -0.2) is 0 Å². The van der Waals surface area contributed by atoms with E-state index in [-0.39, 0.29) is 6.42 Å². The predicted molar refractivity (Wildman–Crippen MR) is 63.4 cm³/mol. The van der Waals surface area contributed by atoms with Crippen molar-refractivity contribution in [3.63, 3.8) is 0 Å². The minimum absolute atomic E-state index is 0.156. The second-order valence-electron chi connectivity index (χ2n) is 3.77. The van der Waals surface area contributed by atoms with E-state index in [2.05, 4.69) is 5.32 Å². The van der Waals surface area contributed by atoms with Crippen molar-refractivity contribution in [2.75, 3.05) is 13.1 Å². The predicted octanol–water partition coefficient (Wildman–Crippen LogP) is -0.208. The highest BCUT2D eigenvalue weighted by atomic mass is 16.5. The number of rotatable bonds is 9. The highest BCUT2D eigenvalue weighted by Gasteiger charge is 2.07. The lowest BCUT2D eigenvalue weighted by atomic mass is 10.1. The average Bonchev–Trinajstić information content (AvgIpc) is 2.26. The summed E-state index contributed by atoms with van der Waals surface area (Å²) in [4.78, 5) is 10.6. The molecule has 0 aromatic heterocycles. The van der Waals surface area contributed by atoms with Crippen LogP contribution in [0.15, 0.2) is 11.7 Å². The van der Waals surface area contributed by atoms with Gasteiger partial charge in [0.1, 0.15) is 0 Å². The summed E-state index contributed by atoms with van der Waals surface area (Å²) < 4.78 is 0. The van der Waals surface area contributed by atoms with Crippen molar-refractivity contribution in [3.05, 3.63) is 11.7 Å². The van der Waals surface area contributed by atoms with E-state index in [1.165, 1.54) is 0 Å². The Hall–Kier alpha value is -1.47. The fourth-order valence-electron chi connectivity index (χ4n) is 1.20. The molecule has 0 radical (unpaired) electrons. The van der Waals surface area contributed by atoms with Gasteiger partial charge in [0, 0.05) is 13.0 Å². The summed E-state index contributed by atoms with van der Waals surface area (Å²) in [6, 6.07) is -0.590. The van der Waals surface area contributed by atoms with Crippen molar-refractivity contribution < 1.29 is 20.1 Å². The summed E-state index contributed by atoms with van der Waals surface area (Å²) in [5.74, 6) is -1.97.